The second kappa shape index (κ2) is 5.08. The van der Waals surface area contributed by atoms with Crippen LogP contribution in [0, 0.1) is 6.92 Å². The minimum atomic E-state index is -0.0146. The maximum atomic E-state index is 12.6. The highest BCUT2D eigenvalue weighted by atomic mass is 79.9. The molecule has 0 aliphatic carbocycles. The van der Waals surface area contributed by atoms with E-state index in [9.17, 15) is 4.79 Å². The highest BCUT2D eigenvalue weighted by Gasteiger charge is 2.15. The van der Waals surface area contributed by atoms with Crippen LogP contribution in [0.3, 0.4) is 0 Å². The van der Waals surface area contributed by atoms with Crippen molar-refractivity contribution in [2.24, 2.45) is 0 Å². The van der Waals surface area contributed by atoms with Gasteiger partial charge in [-0.2, -0.15) is 0 Å². The summed E-state index contributed by atoms with van der Waals surface area (Å²) in [4.78, 5) is 15.7. The number of hydrogen-bond donors (Lipinski definition) is 1. The van der Waals surface area contributed by atoms with Crippen molar-refractivity contribution in [1.82, 2.24) is 4.98 Å². The van der Waals surface area contributed by atoms with Crippen LogP contribution >= 0.6 is 27.5 Å². The highest BCUT2D eigenvalue weighted by Crippen LogP contribution is 2.26. The quantitative estimate of drug-likeness (QED) is 0.640. The molecule has 0 unspecified atom stereocenters. The standard InChI is InChI=1S/C16H11BrClNO/c1-9-2-3-10(6-14(9)17)16(20)13-8-19-15-5-4-11(18)7-12(13)15/h2-8,19H,1H3. The molecular formula is C16H11BrClNO. The van der Waals surface area contributed by atoms with Crippen molar-refractivity contribution < 1.29 is 4.79 Å². The zero-order chi connectivity index (χ0) is 14.3. The molecule has 0 radical (unpaired) electrons. The number of H-pyrrole nitrogens is 1. The number of ketones is 1. The van der Waals surface area contributed by atoms with Crippen molar-refractivity contribution in [2.75, 3.05) is 0 Å². The van der Waals surface area contributed by atoms with Crippen molar-refractivity contribution in [2.45, 2.75) is 6.92 Å². The van der Waals surface area contributed by atoms with Gasteiger partial charge in [0.1, 0.15) is 0 Å². The molecular weight excluding hydrogens is 338 g/mol. The summed E-state index contributed by atoms with van der Waals surface area (Å²) >= 11 is 9.47. The largest absolute Gasteiger partial charge is 0.360 e. The molecule has 20 heavy (non-hydrogen) atoms. The molecule has 1 heterocycles. The van der Waals surface area contributed by atoms with Gasteiger partial charge in [0.15, 0.2) is 5.78 Å². The van der Waals surface area contributed by atoms with Crippen molar-refractivity contribution >= 4 is 44.2 Å². The molecule has 0 spiro atoms. The van der Waals surface area contributed by atoms with Crippen molar-refractivity contribution in [1.29, 1.82) is 0 Å². The van der Waals surface area contributed by atoms with Crippen LogP contribution < -0.4 is 0 Å². The molecule has 0 saturated carbocycles. The van der Waals surface area contributed by atoms with E-state index in [0.717, 1.165) is 20.9 Å². The molecule has 3 rings (SSSR count). The van der Waals surface area contributed by atoms with Crippen molar-refractivity contribution in [3.8, 4) is 0 Å². The molecule has 0 amide bonds. The van der Waals surface area contributed by atoms with Gasteiger partial charge in [-0.1, -0.05) is 39.7 Å². The zero-order valence-corrected chi connectivity index (χ0v) is 13.0. The molecule has 0 aliphatic rings. The molecule has 4 heteroatoms. The van der Waals surface area contributed by atoms with Gasteiger partial charge in [-0.3, -0.25) is 4.79 Å². The summed E-state index contributed by atoms with van der Waals surface area (Å²) in [6.45, 7) is 1.99. The average molecular weight is 349 g/mol. The molecule has 0 fully saturated rings. The molecule has 2 aromatic carbocycles. The van der Waals surface area contributed by atoms with E-state index in [0.29, 0.717) is 16.1 Å². The number of rotatable bonds is 2. The van der Waals surface area contributed by atoms with Crippen LogP contribution in [0.15, 0.2) is 47.1 Å². The SMILES string of the molecule is Cc1ccc(C(=O)c2c[nH]c3ccc(Cl)cc23)cc1Br. The monoisotopic (exact) mass is 347 g/mol. The number of halogens is 2. The average Bonchev–Trinajstić information content (AvgIpc) is 2.84. The summed E-state index contributed by atoms with van der Waals surface area (Å²) in [6, 6.07) is 11.1. The van der Waals surface area contributed by atoms with Gasteiger partial charge in [-0.05, 0) is 36.8 Å². The minimum absolute atomic E-state index is 0.0146. The number of benzene rings is 2. The Kier molecular flexibility index (Phi) is 3.40. The number of aromatic amines is 1. The van der Waals surface area contributed by atoms with E-state index >= 15 is 0 Å². The first-order valence-electron chi connectivity index (χ1n) is 6.14. The van der Waals surface area contributed by atoms with Gasteiger partial charge in [0.2, 0.25) is 0 Å². The number of carbonyl (C=O) groups is 1. The third-order valence-corrected chi connectivity index (χ3v) is 4.41. The summed E-state index contributed by atoms with van der Waals surface area (Å²) in [7, 11) is 0. The van der Waals surface area contributed by atoms with E-state index in [4.69, 9.17) is 11.6 Å². The zero-order valence-electron chi connectivity index (χ0n) is 10.7. The third-order valence-electron chi connectivity index (χ3n) is 3.32. The van der Waals surface area contributed by atoms with Gasteiger partial charge in [0, 0.05) is 37.7 Å². The van der Waals surface area contributed by atoms with E-state index < -0.39 is 0 Å². The first kappa shape index (κ1) is 13.4. The van der Waals surface area contributed by atoms with E-state index in [1.165, 1.54) is 0 Å². The lowest BCUT2D eigenvalue weighted by molar-refractivity contribution is 0.104. The number of hydrogen-bond acceptors (Lipinski definition) is 1. The Balaban J connectivity index is 2.12. The fourth-order valence-electron chi connectivity index (χ4n) is 2.17. The fraction of sp³-hybridized carbons (Fsp3) is 0.0625. The molecule has 2 nitrogen and oxygen atoms in total. The Morgan fingerprint density at radius 1 is 1.20 bits per heavy atom. The summed E-state index contributed by atoms with van der Waals surface area (Å²) < 4.78 is 0.932. The predicted octanol–water partition coefficient (Wildman–Crippen LogP) is 5.12. The Morgan fingerprint density at radius 2 is 2.00 bits per heavy atom. The van der Waals surface area contributed by atoms with Crippen molar-refractivity contribution in [3.05, 3.63) is 68.8 Å². The van der Waals surface area contributed by atoms with Gasteiger partial charge < -0.3 is 4.98 Å². The molecule has 100 valence electrons. The van der Waals surface area contributed by atoms with Gasteiger partial charge in [0.05, 0.1) is 0 Å². The topological polar surface area (TPSA) is 32.9 Å². The fourth-order valence-corrected chi connectivity index (χ4v) is 2.72. The van der Waals surface area contributed by atoms with Crippen LogP contribution in [-0.4, -0.2) is 10.8 Å². The Hall–Kier alpha value is -1.58. The van der Waals surface area contributed by atoms with E-state index in [2.05, 4.69) is 20.9 Å². The molecule has 0 aliphatic heterocycles. The van der Waals surface area contributed by atoms with Gasteiger partial charge in [-0.15, -0.1) is 0 Å². The minimum Gasteiger partial charge on any atom is -0.360 e. The number of aromatic nitrogens is 1. The molecule has 1 aromatic heterocycles. The van der Waals surface area contributed by atoms with Crippen LogP contribution in [0.5, 0.6) is 0 Å². The van der Waals surface area contributed by atoms with Crippen LogP contribution in [-0.2, 0) is 0 Å². The first-order chi connectivity index (χ1) is 9.56. The highest BCUT2D eigenvalue weighted by molar-refractivity contribution is 9.10. The number of nitrogens with one attached hydrogen (secondary N) is 1. The first-order valence-corrected chi connectivity index (χ1v) is 7.31. The summed E-state index contributed by atoms with van der Waals surface area (Å²) in [6.07, 6.45) is 1.73. The maximum absolute atomic E-state index is 12.6. The van der Waals surface area contributed by atoms with Gasteiger partial charge in [0.25, 0.3) is 0 Å². The van der Waals surface area contributed by atoms with E-state index in [1.807, 2.05) is 37.3 Å². The summed E-state index contributed by atoms with van der Waals surface area (Å²) in [5, 5.41) is 1.47. The Bertz CT molecular complexity index is 822. The Labute approximate surface area is 129 Å². The normalized spacial score (nSPS) is 10.9. The van der Waals surface area contributed by atoms with Gasteiger partial charge in [-0.25, -0.2) is 0 Å². The van der Waals surface area contributed by atoms with E-state index in [-0.39, 0.29) is 5.78 Å². The molecule has 0 saturated heterocycles. The van der Waals surface area contributed by atoms with Crippen LogP contribution in [0.25, 0.3) is 10.9 Å². The van der Waals surface area contributed by atoms with Crippen LogP contribution in [0.2, 0.25) is 5.02 Å². The van der Waals surface area contributed by atoms with Gasteiger partial charge >= 0.3 is 0 Å². The number of aryl methyl sites for hydroxylation is 1. The molecule has 0 bridgehead atoms. The van der Waals surface area contributed by atoms with Crippen LogP contribution in [0.4, 0.5) is 0 Å². The second-order valence-corrected chi connectivity index (χ2v) is 5.98. The number of fused-ring (bicyclic) bond motifs is 1. The molecule has 3 aromatic rings. The van der Waals surface area contributed by atoms with Crippen molar-refractivity contribution in [3.63, 3.8) is 0 Å². The van der Waals surface area contributed by atoms with E-state index in [1.54, 1.807) is 12.3 Å². The van der Waals surface area contributed by atoms with Crippen LogP contribution in [0.1, 0.15) is 21.5 Å². The molecule has 1 N–H and O–H groups in total. The maximum Gasteiger partial charge on any atom is 0.195 e. The second-order valence-electron chi connectivity index (χ2n) is 4.69. The lowest BCUT2D eigenvalue weighted by Gasteiger charge is -2.03. The lowest BCUT2D eigenvalue weighted by atomic mass is 10.0. The summed E-state index contributed by atoms with van der Waals surface area (Å²) in [5.74, 6) is -0.0146. The smallest absolute Gasteiger partial charge is 0.195 e. The third kappa shape index (κ3) is 2.28. The lowest BCUT2D eigenvalue weighted by Crippen LogP contribution is -2.00. The predicted molar refractivity (Wildman–Crippen MR) is 85.6 cm³/mol. The Morgan fingerprint density at radius 3 is 2.75 bits per heavy atom. The summed E-state index contributed by atoms with van der Waals surface area (Å²) in [5.41, 5.74) is 3.30. The molecule has 0 atom stereocenters. The number of carbonyl (C=O) groups excluding carboxylic acids is 1.